The average molecular weight is 276 g/mol. The Balaban J connectivity index is 2.40. The van der Waals surface area contributed by atoms with Crippen LogP contribution in [0.25, 0.3) is 0 Å². The van der Waals surface area contributed by atoms with Crippen LogP contribution in [0.4, 0.5) is 0 Å². The number of nitrogens with zero attached hydrogens (tertiary/aromatic N) is 1. The Morgan fingerprint density at radius 3 is 2.37 bits per heavy atom. The molecule has 1 N–H and O–H groups in total. The summed E-state index contributed by atoms with van der Waals surface area (Å²) in [5, 5.41) is 0. The molecule has 1 atom stereocenters. The predicted octanol–water partition coefficient (Wildman–Crippen LogP) is 2.11. The monoisotopic (exact) mass is 276 g/mol. The van der Waals surface area contributed by atoms with Crippen LogP contribution in [0, 0.1) is 0 Å². The van der Waals surface area contributed by atoms with Crippen molar-refractivity contribution in [3.8, 4) is 0 Å². The molecule has 1 aromatic carbocycles. The van der Waals surface area contributed by atoms with Gasteiger partial charge in [0.1, 0.15) is 0 Å². The van der Waals surface area contributed by atoms with Crippen LogP contribution in [-0.2, 0) is 10.0 Å². The molecule has 0 saturated carbocycles. The van der Waals surface area contributed by atoms with Crippen LogP contribution in [0.15, 0.2) is 54.7 Å². The molecule has 0 aliphatic heterocycles. The summed E-state index contributed by atoms with van der Waals surface area (Å²) < 4.78 is 26.3. The summed E-state index contributed by atoms with van der Waals surface area (Å²) in [4.78, 5) is 4.25. The van der Waals surface area contributed by atoms with Gasteiger partial charge in [0.15, 0.2) is 0 Å². The molecule has 0 fully saturated rings. The lowest BCUT2D eigenvalue weighted by molar-refractivity contribution is 0.571. The maximum absolute atomic E-state index is 11.8. The summed E-state index contributed by atoms with van der Waals surface area (Å²) in [5.41, 5.74) is 1.56. The van der Waals surface area contributed by atoms with Crippen LogP contribution in [0.2, 0.25) is 0 Å². The van der Waals surface area contributed by atoms with Crippen molar-refractivity contribution in [2.24, 2.45) is 0 Å². The van der Waals surface area contributed by atoms with Crippen LogP contribution in [0.5, 0.6) is 0 Å². The molecule has 2 aromatic rings. The van der Waals surface area contributed by atoms with Gasteiger partial charge in [-0.25, -0.2) is 13.1 Å². The van der Waals surface area contributed by atoms with Crippen molar-refractivity contribution in [3.05, 3.63) is 66.0 Å². The maximum atomic E-state index is 11.8. The number of hydrogen-bond donors (Lipinski definition) is 1. The largest absolute Gasteiger partial charge is 0.259 e. The maximum Gasteiger partial charge on any atom is 0.212 e. The Labute approximate surface area is 113 Å². The lowest BCUT2D eigenvalue weighted by atomic mass is 10.0. The lowest BCUT2D eigenvalue weighted by Crippen LogP contribution is -2.31. The van der Waals surface area contributed by atoms with Crippen molar-refractivity contribution in [2.45, 2.75) is 13.0 Å². The third kappa shape index (κ3) is 3.62. The minimum absolute atomic E-state index is 0.0448. The summed E-state index contributed by atoms with van der Waals surface area (Å²) in [6, 6.07) is 14.4. The molecule has 0 aliphatic rings. The van der Waals surface area contributed by atoms with Gasteiger partial charge in [0, 0.05) is 6.20 Å². The summed E-state index contributed by atoms with van der Waals surface area (Å²) in [7, 11) is -3.31. The molecular weight excluding hydrogens is 260 g/mol. The van der Waals surface area contributed by atoms with Gasteiger partial charge in [-0.3, -0.25) is 4.98 Å². The summed E-state index contributed by atoms with van der Waals surface area (Å²) in [6.07, 6.45) is 1.66. The van der Waals surface area contributed by atoms with Crippen molar-refractivity contribution < 1.29 is 8.42 Å². The van der Waals surface area contributed by atoms with E-state index in [4.69, 9.17) is 0 Å². The molecule has 2 rings (SSSR count). The SMILES string of the molecule is CCS(=O)(=O)N[C@@H](c1ccccc1)c1ccccn1. The van der Waals surface area contributed by atoms with Gasteiger partial charge < -0.3 is 0 Å². The Morgan fingerprint density at radius 2 is 1.79 bits per heavy atom. The van der Waals surface area contributed by atoms with E-state index in [0.29, 0.717) is 5.69 Å². The molecule has 1 aromatic heterocycles. The van der Waals surface area contributed by atoms with Gasteiger partial charge >= 0.3 is 0 Å². The highest BCUT2D eigenvalue weighted by molar-refractivity contribution is 7.89. The molecule has 100 valence electrons. The van der Waals surface area contributed by atoms with Crippen LogP contribution in [0.3, 0.4) is 0 Å². The van der Waals surface area contributed by atoms with Gasteiger partial charge in [-0.15, -0.1) is 0 Å². The fourth-order valence-electron chi connectivity index (χ4n) is 1.75. The molecule has 0 aliphatic carbocycles. The fraction of sp³-hybridized carbons (Fsp3) is 0.214. The molecule has 0 bridgehead atoms. The van der Waals surface area contributed by atoms with Gasteiger partial charge in [-0.2, -0.15) is 0 Å². The zero-order chi connectivity index (χ0) is 13.7. The first kappa shape index (κ1) is 13.7. The number of hydrogen-bond acceptors (Lipinski definition) is 3. The second-order valence-electron chi connectivity index (χ2n) is 4.12. The highest BCUT2D eigenvalue weighted by Gasteiger charge is 2.20. The highest BCUT2D eigenvalue weighted by atomic mass is 32.2. The van der Waals surface area contributed by atoms with E-state index >= 15 is 0 Å². The van der Waals surface area contributed by atoms with Crippen molar-refractivity contribution in [2.75, 3.05) is 5.75 Å². The molecule has 1 heterocycles. The lowest BCUT2D eigenvalue weighted by Gasteiger charge is -2.18. The third-order valence-corrected chi connectivity index (χ3v) is 4.15. The quantitative estimate of drug-likeness (QED) is 0.910. The molecule has 0 saturated heterocycles. The number of aromatic nitrogens is 1. The Morgan fingerprint density at radius 1 is 1.11 bits per heavy atom. The second-order valence-corrected chi connectivity index (χ2v) is 6.16. The molecule has 0 unspecified atom stereocenters. The first-order chi connectivity index (χ1) is 9.12. The topological polar surface area (TPSA) is 59.1 Å². The van der Waals surface area contributed by atoms with Gasteiger partial charge in [0.25, 0.3) is 0 Å². The van der Waals surface area contributed by atoms with Gasteiger partial charge in [-0.1, -0.05) is 36.4 Å². The van der Waals surface area contributed by atoms with E-state index in [2.05, 4.69) is 9.71 Å². The summed E-state index contributed by atoms with van der Waals surface area (Å²) >= 11 is 0. The third-order valence-electron chi connectivity index (χ3n) is 2.79. The number of sulfonamides is 1. The molecule has 0 amide bonds. The number of rotatable bonds is 5. The van der Waals surface area contributed by atoms with E-state index in [-0.39, 0.29) is 5.75 Å². The van der Waals surface area contributed by atoms with Crippen molar-refractivity contribution in [3.63, 3.8) is 0 Å². The zero-order valence-electron chi connectivity index (χ0n) is 10.7. The minimum Gasteiger partial charge on any atom is -0.259 e. The molecule has 4 nitrogen and oxygen atoms in total. The molecule has 0 spiro atoms. The highest BCUT2D eigenvalue weighted by Crippen LogP contribution is 2.20. The van der Waals surface area contributed by atoms with E-state index in [1.807, 2.05) is 42.5 Å². The van der Waals surface area contributed by atoms with E-state index in [0.717, 1.165) is 5.56 Å². The number of nitrogens with one attached hydrogen (secondary N) is 1. The normalized spacial score (nSPS) is 13.1. The zero-order valence-corrected chi connectivity index (χ0v) is 11.5. The predicted molar refractivity (Wildman–Crippen MR) is 75.1 cm³/mol. The molecular formula is C14H16N2O2S. The Bertz CT molecular complexity index is 573. The minimum atomic E-state index is -3.31. The van der Waals surface area contributed by atoms with Crippen molar-refractivity contribution in [1.29, 1.82) is 0 Å². The first-order valence-electron chi connectivity index (χ1n) is 6.08. The summed E-state index contributed by atoms with van der Waals surface area (Å²) in [6.45, 7) is 1.61. The van der Waals surface area contributed by atoms with Gasteiger partial charge in [-0.05, 0) is 24.6 Å². The van der Waals surface area contributed by atoms with Crippen LogP contribution in [-0.4, -0.2) is 19.2 Å². The number of benzene rings is 1. The van der Waals surface area contributed by atoms with Crippen LogP contribution in [0.1, 0.15) is 24.2 Å². The molecule has 19 heavy (non-hydrogen) atoms. The van der Waals surface area contributed by atoms with E-state index in [1.54, 1.807) is 19.2 Å². The standard InChI is InChI=1S/C14H16N2O2S/c1-2-19(17,18)16-14(12-8-4-3-5-9-12)13-10-6-7-11-15-13/h3-11,14,16H,2H2,1H3/t14-/m0/s1. The first-order valence-corrected chi connectivity index (χ1v) is 7.73. The Hall–Kier alpha value is -1.72. The van der Waals surface area contributed by atoms with Crippen LogP contribution < -0.4 is 4.72 Å². The van der Waals surface area contributed by atoms with Crippen molar-refractivity contribution >= 4 is 10.0 Å². The smallest absolute Gasteiger partial charge is 0.212 e. The average Bonchev–Trinajstić information content (AvgIpc) is 2.47. The van der Waals surface area contributed by atoms with Crippen LogP contribution >= 0.6 is 0 Å². The number of pyridine rings is 1. The van der Waals surface area contributed by atoms with Gasteiger partial charge in [0.05, 0.1) is 17.5 Å². The fourth-order valence-corrected chi connectivity index (χ4v) is 2.54. The van der Waals surface area contributed by atoms with E-state index < -0.39 is 16.1 Å². The van der Waals surface area contributed by atoms with E-state index in [9.17, 15) is 8.42 Å². The second kappa shape index (κ2) is 5.95. The summed E-state index contributed by atoms with van der Waals surface area (Å²) in [5.74, 6) is 0.0448. The van der Waals surface area contributed by atoms with Gasteiger partial charge in [0.2, 0.25) is 10.0 Å². The van der Waals surface area contributed by atoms with Crippen molar-refractivity contribution in [1.82, 2.24) is 9.71 Å². The Kier molecular flexibility index (Phi) is 4.29. The molecule has 0 radical (unpaired) electrons. The molecule has 5 heteroatoms. The van der Waals surface area contributed by atoms with E-state index in [1.165, 1.54) is 0 Å².